The molecule has 0 fully saturated rings. The highest BCUT2D eigenvalue weighted by Gasteiger charge is 2.23. The maximum Gasteiger partial charge on any atom is 0.344 e. The third kappa shape index (κ3) is 4.54. The lowest BCUT2D eigenvalue weighted by molar-refractivity contribution is -0.140. The second-order valence-electron chi connectivity index (χ2n) is 4.42. The lowest BCUT2D eigenvalue weighted by atomic mass is 10.2. The van der Waals surface area contributed by atoms with Crippen molar-refractivity contribution < 1.29 is 22.8 Å². The third-order valence-electron chi connectivity index (χ3n) is 2.81. The van der Waals surface area contributed by atoms with Crippen LogP contribution in [-0.2, 0) is 24.4 Å². The minimum absolute atomic E-state index is 0.00864. The van der Waals surface area contributed by atoms with Gasteiger partial charge < -0.3 is 4.74 Å². The fraction of sp³-hybridized carbons (Fsp3) is 0.333. The molecule has 7 heteroatoms. The second-order valence-corrected chi connectivity index (χ2v) is 6.04. The summed E-state index contributed by atoms with van der Waals surface area (Å²) in [7, 11) is -3.85. The maximum atomic E-state index is 12.2. The smallest absolute Gasteiger partial charge is 0.344 e. The summed E-state index contributed by atoms with van der Waals surface area (Å²) in [5.41, 5.74) is 2.99. The van der Waals surface area contributed by atoms with Gasteiger partial charge in [0, 0.05) is 0 Å². The van der Waals surface area contributed by atoms with Gasteiger partial charge in [0.15, 0.2) is 0 Å². The largest absolute Gasteiger partial charge is 0.462 e. The molecule has 1 aromatic rings. The Morgan fingerprint density at radius 3 is 2.59 bits per heavy atom. The molecule has 0 aromatic heterocycles. The molecule has 22 heavy (non-hydrogen) atoms. The Morgan fingerprint density at radius 2 is 2.05 bits per heavy atom. The fourth-order valence-electron chi connectivity index (χ4n) is 1.69. The molecule has 0 spiro atoms. The quantitative estimate of drug-likeness (QED) is 0.358. The molecule has 1 N–H and O–H groups in total. The number of benzene rings is 1. The highest BCUT2D eigenvalue weighted by molar-refractivity contribution is 7.89. The van der Waals surface area contributed by atoms with Gasteiger partial charge in [-0.15, -0.1) is 5.73 Å². The Labute approximate surface area is 130 Å². The van der Waals surface area contributed by atoms with Gasteiger partial charge in [-0.1, -0.05) is 29.7 Å². The molecule has 0 saturated carbocycles. The maximum absolute atomic E-state index is 12.2. The van der Waals surface area contributed by atoms with Gasteiger partial charge in [-0.25, -0.2) is 13.2 Å². The summed E-state index contributed by atoms with van der Waals surface area (Å²) in [5, 5.41) is 0. The van der Waals surface area contributed by atoms with Gasteiger partial charge in [0.05, 0.1) is 11.5 Å². The van der Waals surface area contributed by atoms with E-state index in [-0.39, 0.29) is 17.1 Å². The molecular weight excluding hydrogens is 306 g/mol. The van der Waals surface area contributed by atoms with Crippen LogP contribution in [0.3, 0.4) is 0 Å². The van der Waals surface area contributed by atoms with Crippen molar-refractivity contribution in [1.82, 2.24) is 4.89 Å². The number of hydrogen-bond donors (Lipinski definition) is 1. The van der Waals surface area contributed by atoms with Gasteiger partial charge in [-0.05, 0) is 32.4 Å². The number of ether oxygens (including phenoxy) is 1. The van der Waals surface area contributed by atoms with Crippen molar-refractivity contribution in [2.75, 3.05) is 6.61 Å². The van der Waals surface area contributed by atoms with Crippen LogP contribution in [0, 0.1) is 6.92 Å². The predicted octanol–water partition coefficient (Wildman–Crippen LogP) is 1.87. The minimum Gasteiger partial charge on any atom is -0.462 e. The first-order valence-corrected chi connectivity index (χ1v) is 8.12. The van der Waals surface area contributed by atoms with E-state index in [0.717, 1.165) is 0 Å². The summed E-state index contributed by atoms with van der Waals surface area (Å²) in [4.78, 5) is 18.8. The highest BCUT2D eigenvalue weighted by atomic mass is 32.2. The van der Waals surface area contributed by atoms with Crippen molar-refractivity contribution in [3.05, 3.63) is 47.7 Å². The van der Waals surface area contributed by atoms with E-state index in [1.165, 1.54) is 13.0 Å². The van der Waals surface area contributed by atoms with Crippen molar-refractivity contribution in [2.45, 2.75) is 31.8 Å². The van der Waals surface area contributed by atoms with Gasteiger partial charge >= 0.3 is 5.97 Å². The molecule has 0 aliphatic rings. The third-order valence-corrected chi connectivity index (χ3v) is 4.16. The van der Waals surface area contributed by atoms with Crippen LogP contribution in [0.4, 0.5) is 0 Å². The molecule has 1 aromatic carbocycles. The average molecular weight is 325 g/mol. The zero-order chi connectivity index (χ0) is 16.8. The molecule has 1 atom stereocenters. The van der Waals surface area contributed by atoms with Gasteiger partial charge in [0.1, 0.15) is 11.7 Å². The van der Waals surface area contributed by atoms with Crippen LogP contribution < -0.4 is 4.89 Å². The molecule has 120 valence electrons. The van der Waals surface area contributed by atoms with E-state index < -0.39 is 22.1 Å². The Hall–Kier alpha value is -1.92. The highest BCUT2D eigenvalue weighted by Crippen LogP contribution is 2.15. The minimum atomic E-state index is -3.85. The first-order chi connectivity index (χ1) is 10.3. The van der Waals surface area contributed by atoms with E-state index in [9.17, 15) is 13.2 Å². The van der Waals surface area contributed by atoms with Crippen molar-refractivity contribution >= 4 is 16.0 Å². The molecule has 6 nitrogen and oxygen atoms in total. The van der Waals surface area contributed by atoms with Crippen LogP contribution in [0.15, 0.2) is 47.0 Å². The number of esters is 1. The Morgan fingerprint density at radius 1 is 1.41 bits per heavy atom. The lowest BCUT2D eigenvalue weighted by Crippen LogP contribution is -2.31. The van der Waals surface area contributed by atoms with Crippen molar-refractivity contribution in [1.29, 1.82) is 0 Å². The summed E-state index contributed by atoms with van der Waals surface area (Å²) < 4.78 is 29.1. The molecular formula is C15H19NO5S. The first-order valence-electron chi connectivity index (χ1n) is 6.63. The first kappa shape index (κ1) is 18.1. The molecule has 0 amide bonds. The second kappa shape index (κ2) is 7.91. The summed E-state index contributed by atoms with van der Waals surface area (Å²) in [6.07, 6.45) is -0.893. The van der Waals surface area contributed by atoms with Crippen LogP contribution >= 0.6 is 0 Å². The molecule has 0 aliphatic carbocycles. The van der Waals surface area contributed by atoms with E-state index in [1.807, 2.05) is 4.89 Å². The van der Waals surface area contributed by atoms with Gasteiger partial charge in [0.25, 0.3) is 10.0 Å². The van der Waals surface area contributed by atoms with E-state index in [1.54, 1.807) is 32.0 Å². The zero-order valence-corrected chi connectivity index (χ0v) is 13.6. The summed E-state index contributed by atoms with van der Waals surface area (Å²) in [6, 6.07) is 6.47. The van der Waals surface area contributed by atoms with Crippen molar-refractivity contribution in [3.63, 3.8) is 0 Å². The van der Waals surface area contributed by atoms with E-state index >= 15 is 0 Å². The predicted molar refractivity (Wildman–Crippen MR) is 81.3 cm³/mol. The molecule has 0 bridgehead atoms. The SMILES string of the molecule is C=C=C(C(=O)OCC)C(C)ONS(=O)(=O)c1ccccc1C. The molecule has 0 aliphatic heterocycles. The Kier molecular flexibility index (Phi) is 6.52. The summed E-state index contributed by atoms with van der Waals surface area (Å²) >= 11 is 0. The number of carbonyl (C=O) groups is 1. The average Bonchev–Trinajstić information content (AvgIpc) is 2.46. The standard InChI is InChI=1S/C15H19NO5S/c1-5-13(15(17)20-6-2)12(4)21-16-22(18,19)14-10-8-7-9-11(14)3/h7-10,12,16H,1,6H2,2-4H3. The normalized spacial score (nSPS) is 12.3. The summed E-state index contributed by atoms with van der Waals surface area (Å²) in [6.45, 7) is 8.39. The fourth-order valence-corrected chi connectivity index (χ4v) is 2.80. The molecule has 0 saturated heterocycles. The van der Waals surface area contributed by atoms with E-state index in [2.05, 4.69) is 12.3 Å². The van der Waals surface area contributed by atoms with Crippen LogP contribution in [0.25, 0.3) is 0 Å². The van der Waals surface area contributed by atoms with Gasteiger partial charge in [0.2, 0.25) is 0 Å². The Balaban J connectivity index is 2.83. The van der Waals surface area contributed by atoms with Crippen LogP contribution in [0.2, 0.25) is 0 Å². The number of aryl methyl sites for hydroxylation is 1. The van der Waals surface area contributed by atoms with Crippen molar-refractivity contribution in [3.8, 4) is 0 Å². The number of nitrogens with one attached hydrogen (secondary N) is 1. The van der Waals surface area contributed by atoms with Crippen LogP contribution in [0.5, 0.6) is 0 Å². The monoisotopic (exact) mass is 325 g/mol. The summed E-state index contributed by atoms with van der Waals surface area (Å²) in [5.74, 6) is -0.653. The lowest BCUT2D eigenvalue weighted by Gasteiger charge is -2.15. The van der Waals surface area contributed by atoms with Gasteiger partial charge in [-0.2, -0.15) is 0 Å². The number of sulfonamides is 1. The topological polar surface area (TPSA) is 81.7 Å². The van der Waals surface area contributed by atoms with Crippen molar-refractivity contribution in [2.24, 2.45) is 0 Å². The molecule has 1 rings (SSSR count). The number of hydrogen-bond acceptors (Lipinski definition) is 5. The number of rotatable bonds is 7. The molecule has 0 heterocycles. The number of carbonyl (C=O) groups excluding carboxylic acids is 1. The molecule has 0 radical (unpaired) electrons. The van der Waals surface area contributed by atoms with Gasteiger partial charge in [-0.3, -0.25) is 4.84 Å². The molecule has 1 unspecified atom stereocenters. The zero-order valence-electron chi connectivity index (χ0n) is 12.8. The van der Waals surface area contributed by atoms with E-state index in [4.69, 9.17) is 9.57 Å². The van der Waals surface area contributed by atoms with E-state index in [0.29, 0.717) is 5.56 Å². The van der Waals surface area contributed by atoms with Crippen LogP contribution in [0.1, 0.15) is 19.4 Å². The Bertz CT molecular complexity index is 690. The van der Waals surface area contributed by atoms with Crippen LogP contribution in [-0.4, -0.2) is 27.1 Å².